The molecular weight excluding hydrogens is 397 g/mol. The Hall–Kier alpha value is -2.09. The first-order valence-electron chi connectivity index (χ1n) is 7.84. The quantitative estimate of drug-likeness (QED) is 0.767. The lowest BCUT2D eigenvalue weighted by Crippen LogP contribution is -2.48. The molecule has 10 heteroatoms. The maximum absolute atomic E-state index is 13.8. The second-order valence-electron chi connectivity index (χ2n) is 6.01. The highest BCUT2D eigenvalue weighted by Gasteiger charge is 2.49. The minimum Gasteiger partial charge on any atom is -0.486 e. The van der Waals surface area contributed by atoms with E-state index in [1.54, 1.807) is 12.1 Å². The van der Waals surface area contributed by atoms with Crippen molar-refractivity contribution in [2.75, 3.05) is 19.7 Å². The third-order valence-corrected chi connectivity index (χ3v) is 5.72. The molecule has 3 rings (SSSR count). The molecule has 1 aliphatic rings. The molecule has 0 radical (unpaired) electrons. The lowest BCUT2D eigenvalue weighted by atomic mass is 10.0. The van der Waals surface area contributed by atoms with Crippen molar-refractivity contribution in [1.29, 1.82) is 5.26 Å². The van der Waals surface area contributed by atoms with Gasteiger partial charge in [-0.15, -0.1) is 0 Å². The topological polar surface area (TPSA) is 107 Å². The predicted molar refractivity (Wildman–Crippen MR) is 94.8 cm³/mol. The van der Waals surface area contributed by atoms with Crippen molar-refractivity contribution in [3.05, 3.63) is 52.9 Å². The molecule has 2 aromatic rings. The third kappa shape index (κ3) is 4.10. The average molecular weight is 412 g/mol. The van der Waals surface area contributed by atoms with Gasteiger partial charge in [-0.2, -0.15) is 5.26 Å². The summed E-state index contributed by atoms with van der Waals surface area (Å²) in [6.07, 6.45) is 0.391. The van der Waals surface area contributed by atoms with E-state index < -0.39 is 35.1 Å². The molecule has 1 fully saturated rings. The minimum absolute atomic E-state index is 0.00952. The predicted octanol–water partition coefficient (Wildman–Crippen LogP) is 1.25. The van der Waals surface area contributed by atoms with Crippen molar-refractivity contribution in [2.45, 2.75) is 16.7 Å². The Morgan fingerprint density at radius 3 is 2.85 bits per heavy atom. The molecule has 7 nitrogen and oxygen atoms in total. The van der Waals surface area contributed by atoms with E-state index in [9.17, 15) is 18.8 Å². The van der Waals surface area contributed by atoms with Crippen LogP contribution in [0.4, 0.5) is 4.39 Å². The summed E-state index contributed by atoms with van der Waals surface area (Å²) < 4.78 is 33.5. The van der Waals surface area contributed by atoms with Gasteiger partial charge in [0.15, 0.2) is 0 Å². The van der Waals surface area contributed by atoms with Crippen LogP contribution in [0.15, 0.2) is 41.6 Å². The molecule has 1 aromatic heterocycles. The van der Waals surface area contributed by atoms with Gasteiger partial charge in [-0.3, -0.25) is 0 Å². The number of nitrogens with zero attached hydrogens (tertiary/aromatic N) is 3. The summed E-state index contributed by atoms with van der Waals surface area (Å²) in [5.41, 5.74) is -1.84. The number of aromatic nitrogens is 1. The smallest absolute Gasteiger partial charge is 0.146 e. The number of hydrogen-bond acceptors (Lipinski definition) is 6. The summed E-state index contributed by atoms with van der Waals surface area (Å²) in [5.74, 6) is -0.674. The fraction of sp³-hybridized carbons (Fsp3) is 0.294. The van der Waals surface area contributed by atoms with Crippen LogP contribution in [0.1, 0.15) is 5.56 Å². The molecule has 3 atom stereocenters. The second-order valence-corrected chi connectivity index (χ2v) is 7.88. The molecule has 27 heavy (non-hydrogen) atoms. The zero-order chi connectivity index (χ0) is 19.6. The standard InChI is InChI=1S/C17H15ClFN3O4S/c18-12-2-4-16(21-7-12)27(25)22-8-15(17(24,9-22)10-23)26-13-3-1-11(6-20)14(19)5-13/h1-5,7,15,23-24H,8-10H2/t15-,17-,27?/m0/s1. The van der Waals surface area contributed by atoms with Gasteiger partial charge in [0.2, 0.25) is 0 Å². The zero-order valence-electron chi connectivity index (χ0n) is 13.9. The number of ether oxygens (including phenoxy) is 1. The minimum atomic E-state index is -1.71. The van der Waals surface area contributed by atoms with E-state index in [4.69, 9.17) is 21.6 Å². The van der Waals surface area contributed by atoms with E-state index in [0.717, 1.165) is 6.07 Å². The molecule has 142 valence electrons. The van der Waals surface area contributed by atoms with Crippen molar-refractivity contribution in [3.63, 3.8) is 0 Å². The van der Waals surface area contributed by atoms with Gasteiger partial charge in [-0.05, 0) is 24.3 Å². The number of halogens is 2. The summed E-state index contributed by atoms with van der Waals surface area (Å²) in [7, 11) is -1.71. The second kappa shape index (κ2) is 7.88. The van der Waals surface area contributed by atoms with Gasteiger partial charge in [-0.1, -0.05) is 11.6 Å². The van der Waals surface area contributed by atoms with Crippen LogP contribution in [-0.4, -0.2) is 55.1 Å². The molecular formula is C17H15ClFN3O4S. The van der Waals surface area contributed by atoms with Gasteiger partial charge >= 0.3 is 0 Å². The van der Waals surface area contributed by atoms with E-state index in [2.05, 4.69) is 4.98 Å². The number of nitriles is 1. The van der Waals surface area contributed by atoms with E-state index in [-0.39, 0.29) is 29.4 Å². The highest BCUT2D eigenvalue weighted by Crippen LogP contribution is 2.29. The van der Waals surface area contributed by atoms with Gasteiger partial charge in [0.05, 0.1) is 23.7 Å². The van der Waals surface area contributed by atoms with Crippen molar-refractivity contribution in [1.82, 2.24) is 9.29 Å². The fourth-order valence-electron chi connectivity index (χ4n) is 2.67. The highest BCUT2D eigenvalue weighted by molar-refractivity contribution is 7.82. The fourth-order valence-corrected chi connectivity index (χ4v) is 3.99. The van der Waals surface area contributed by atoms with Crippen LogP contribution in [0.3, 0.4) is 0 Å². The number of hydrogen-bond donors (Lipinski definition) is 2. The van der Waals surface area contributed by atoms with Crippen LogP contribution in [0, 0.1) is 17.1 Å². The van der Waals surface area contributed by atoms with Crippen molar-refractivity contribution < 1.29 is 23.5 Å². The van der Waals surface area contributed by atoms with Gasteiger partial charge in [0.1, 0.15) is 45.4 Å². The van der Waals surface area contributed by atoms with Crippen LogP contribution < -0.4 is 4.74 Å². The molecule has 2 heterocycles. The zero-order valence-corrected chi connectivity index (χ0v) is 15.5. The number of rotatable bonds is 5. The Kier molecular flexibility index (Phi) is 5.74. The Morgan fingerprint density at radius 2 is 2.26 bits per heavy atom. The van der Waals surface area contributed by atoms with Crippen molar-refractivity contribution in [2.24, 2.45) is 0 Å². The van der Waals surface area contributed by atoms with Crippen molar-refractivity contribution in [3.8, 4) is 11.8 Å². The van der Waals surface area contributed by atoms with Gasteiger partial charge in [0.25, 0.3) is 0 Å². The molecule has 1 aliphatic heterocycles. The largest absolute Gasteiger partial charge is 0.486 e. The Morgan fingerprint density at radius 1 is 1.48 bits per heavy atom. The number of benzene rings is 1. The number of pyridine rings is 1. The van der Waals surface area contributed by atoms with E-state index in [1.807, 2.05) is 0 Å². The lowest BCUT2D eigenvalue weighted by Gasteiger charge is -2.27. The maximum atomic E-state index is 13.8. The normalized spacial score (nSPS) is 23.7. The summed E-state index contributed by atoms with van der Waals surface area (Å²) in [6.45, 7) is -0.766. The van der Waals surface area contributed by atoms with Crippen LogP contribution in [0.2, 0.25) is 5.02 Å². The molecule has 1 aromatic carbocycles. The summed E-state index contributed by atoms with van der Waals surface area (Å²) >= 11 is 5.77. The lowest BCUT2D eigenvalue weighted by molar-refractivity contribution is -0.0640. The van der Waals surface area contributed by atoms with Gasteiger partial charge in [0, 0.05) is 18.8 Å². The van der Waals surface area contributed by atoms with Crippen LogP contribution in [0.25, 0.3) is 0 Å². The number of aliphatic hydroxyl groups excluding tert-OH is 1. The van der Waals surface area contributed by atoms with Crippen LogP contribution in [0.5, 0.6) is 5.75 Å². The SMILES string of the molecule is N#Cc1ccc(O[C@H]2CN(S(=O)c3ccc(Cl)cn3)C[C@]2(O)CO)cc1F. The number of β-amino-alcohol motifs (C(OH)–C–C–N with tert-alkyl or cyclic N) is 1. The summed E-state index contributed by atoms with van der Waals surface area (Å²) in [5, 5.41) is 29.7. The first-order chi connectivity index (χ1) is 12.9. The third-order valence-electron chi connectivity index (χ3n) is 4.15. The van der Waals surface area contributed by atoms with E-state index in [1.165, 1.54) is 28.7 Å². The molecule has 0 spiro atoms. The average Bonchev–Trinajstić information content (AvgIpc) is 2.99. The summed E-state index contributed by atoms with van der Waals surface area (Å²) in [4.78, 5) is 4.00. The Labute approximate surface area is 162 Å². The molecule has 2 N–H and O–H groups in total. The molecule has 1 unspecified atom stereocenters. The Bertz CT molecular complexity index is 908. The summed E-state index contributed by atoms with van der Waals surface area (Å²) in [6, 6.07) is 8.42. The van der Waals surface area contributed by atoms with E-state index >= 15 is 0 Å². The number of aliphatic hydroxyl groups is 2. The molecule has 0 bridgehead atoms. The van der Waals surface area contributed by atoms with Crippen LogP contribution in [-0.2, 0) is 11.0 Å². The molecule has 0 amide bonds. The first kappa shape index (κ1) is 19.7. The molecule has 0 aliphatic carbocycles. The van der Waals surface area contributed by atoms with Crippen LogP contribution >= 0.6 is 11.6 Å². The van der Waals surface area contributed by atoms with Crippen molar-refractivity contribution >= 4 is 22.6 Å². The molecule has 0 saturated carbocycles. The van der Waals surface area contributed by atoms with Gasteiger partial charge in [-0.25, -0.2) is 17.9 Å². The van der Waals surface area contributed by atoms with Gasteiger partial charge < -0.3 is 14.9 Å². The monoisotopic (exact) mass is 411 g/mol. The highest BCUT2D eigenvalue weighted by atomic mass is 35.5. The Balaban J connectivity index is 1.79. The maximum Gasteiger partial charge on any atom is 0.146 e. The molecule has 1 saturated heterocycles. The van der Waals surface area contributed by atoms with E-state index in [0.29, 0.717) is 5.02 Å². The first-order valence-corrected chi connectivity index (χ1v) is 9.32.